The standard InChI is InChI=1S/C16H17N3O7S.K/c1-16(2)12(15(22)23)18-13(21)11(14(18)27-16)17-10(20)7-26-9-5-3-8(4-6-9)19(24)25;/h3-6,11-12,14H,7H2,1-2H3,(H,17,20)(H,22,23);. The molecule has 2 aliphatic heterocycles. The SMILES string of the molecule is CC1(C)SC2C(NC(=O)COc3ccc([N+](=O)[O-])cc3)C(=O)N2C1C(=O)O.[K]. The van der Waals surface area contributed by atoms with Crippen molar-refractivity contribution in [2.75, 3.05) is 6.61 Å². The molecule has 3 rings (SSSR count). The minimum absolute atomic E-state index is 0. The van der Waals surface area contributed by atoms with Crippen LogP contribution in [-0.4, -0.2) is 113 Å². The van der Waals surface area contributed by atoms with E-state index in [1.165, 1.54) is 40.9 Å². The van der Waals surface area contributed by atoms with E-state index in [2.05, 4.69) is 5.32 Å². The van der Waals surface area contributed by atoms with Crippen LogP contribution in [-0.2, 0) is 14.4 Å². The first-order valence-electron chi connectivity index (χ1n) is 8.01. The topological polar surface area (TPSA) is 139 Å². The Bertz CT molecular complexity index is 817. The second-order valence-corrected chi connectivity index (χ2v) is 8.45. The van der Waals surface area contributed by atoms with Crippen LogP contribution >= 0.6 is 11.8 Å². The second-order valence-electron chi connectivity index (χ2n) is 6.68. The molecule has 0 aliphatic carbocycles. The summed E-state index contributed by atoms with van der Waals surface area (Å²) in [7, 11) is 0. The Kier molecular flexibility index (Phi) is 7.15. The van der Waals surface area contributed by atoms with Gasteiger partial charge in [0.1, 0.15) is 23.2 Å². The quantitative estimate of drug-likeness (QED) is 0.281. The van der Waals surface area contributed by atoms with E-state index in [0.29, 0.717) is 0 Å². The number of rotatable bonds is 6. The van der Waals surface area contributed by atoms with Gasteiger partial charge >= 0.3 is 5.97 Å². The number of β-lactam (4-membered cyclic amide) rings is 1. The number of carbonyl (C=O) groups is 3. The second kappa shape index (κ2) is 8.67. The molecule has 1 aromatic rings. The van der Waals surface area contributed by atoms with Gasteiger partial charge in [0.25, 0.3) is 11.6 Å². The maximum Gasteiger partial charge on any atom is 0.327 e. The van der Waals surface area contributed by atoms with Crippen LogP contribution in [0.2, 0.25) is 0 Å². The number of nitro benzene ring substituents is 1. The van der Waals surface area contributed by atoms with Crippen LogP contribution in [0.15, 0.2) is 24.3 Å². The number of fused-ring (bicyclic) bond motifs is 1. The van der Waals surface area contributed by atoms with Crippen molar-refractivity contribution < 1.29 is 29.2 Å². The molecule has 3 unspecified atom stereocenters. The molecule has 2 fully saturated rings. The number of non-ortho nitro benzene ring substituents is 1. The number of nitrogens with zero attached hydrogens (tertiary/aromatic N) is 2. The molecule has 0 spiro atoms. The van der Waals surface area contributed by atoms with Gasteiger partial charge in [0.05, 0.1) is 4.92 Å². The molecule has 145 valence electrons. The van der Waals surface area contributed by atoms with E-state index in [9.17, 15) is 29.6 Å². The first kappa shape index (κ1) is 23.1. The molecule has 2 N–H and O–H groups in total. The van der Waals surface area contributed by atoms with Crippen LogP contribution in [0.25, 0.3) is 0 Å². The van der Waals surface area contributed by atoms with Gasteiger partial charge in [0, 0.05) is 68.3 Å². The fourth-order valence-corrected chi connectivity index (χ4v) is 4.80. The predicted molar refractivity (Wildman–Crippen MR) is 100 cm³/mol. The van der Waals surface area contributed by atoms with Gasteiger partial charge in [-0.3, -0.25) is 19.7 Å². The molecule has 0 aromatic heterocycles. The van der Waals surface area contributed by atoms with E-state index >= 15 is 0 Å². The van der Waals surface area contributed by atoms with Gasteiger partial charge in [0.2, 0.25) is 5.91 Å². The Labute approximate surface area is 206 Å². The third-order valence-corrected chi connectivity index (χ3v) is 5.98. The number of carboxylic acids is 1. The molecule has 0 bridgehead atoms. The van der Waals surface area contributed by atoms with Gasteiger partial charge in [0.15, 0.2) is 6.61 Å². The molecule has 3 atom stereocenters. The number of carbonyl (C=O) groups excluding carboxylic acids is 2. The number of ether oxygens (including phenoxy) is 1. The van der Waals surface area contributed by atoms with Crippen molar-refractivity contribution in [2.45, 2.75) is 36.1 Å². The summed E-state index contributed by atoms with van der Waals surface area (Å²) in [4.78, 5) is 47.1. The third-order valence-electron chi connectivity index (χ3n) is 4.41. The first-order chi connectivity index (χ1) is 12.6. The van der Waals surface area contributed by atoms with Crippen molar-refractivity contribution in [1.82, 2.24) is 10.2 Å². The molecule has 2 amide bonds. The van der Waals surface area contributed by atoms with Gasteiger partial charge in [-0.2, -0.15) is 0 Å². The van der Waals surface area contributed by atoms with Crippen LogP contribution in [0.3, 0.4) is 0 Å². The molecule has 0 saturated carbocycles. The fraction of sp³-hybridized carbons (Fsp3) is 0.438. The zero-order chi connectivity index (χ0) is 19.9. The average molecular weight is 434 g/mol. The summed E-state index contributed by atoms with van der Waals surface area (Å²) < 4.78 is 4.59. The Hall–Kier alpha value is -1.18. The maximum absolute atomic E-state index is 12.3. The van der Waals surface area contributed by atoms with E-state index in [0.717, 1.165) is 0 Å². The fourth-order valence-electron chi connectivity index (χ4n) is 3.17. The van der Waals surface area contributed by atoms with Gasteiger partial charge in [-0.25, -0.2) is 4.79 Å². The summed E-state index contributed by atoms with van der Waals surface area (Å²) >= 11 is 1.33. The maximum atomic E-state index is 12.3. The number of nitrogens with one attached hydrogen (secondary N) is 1. The molecule has 12 heteroatoms. The minimum Gasteiger partial charge on any atom is -0.484 e. The molecule has 2 aliphatic rings. The normalized spacial score (nSPS) is 24.4. The summed E-state index contributed by atoms with van der Waals surface area (Å²) in [6.45, 7) is 3.13. The number of hydrogen-bond donors (Lipinski definition) is 2. The van der Waals surface area contributed by atoms with Gasteiger partial charge in [-0.15, -0.1) is 11.8 Å². The van der Waals surface area contributed by atoms with Crippen LogP contribution in [0.4, 0.5) is 5.69 Å². The van der Waals surface area contributed by atoms with E-state index in [4.69, 9.17) is 4.74 Å². The van der Waals surface area contributed by atoms with E-state index in [1.54, 1.807) is 13.8 Å². The smallest absolute Gasteiger partial charge is 0.327 e. The van der Waals surface area contributed by atoms with Gasteiger partial charge in [-0.1, -0.05) is 0 Å². The summed E-state index contributed by atoms with van der Waals surface area (Å²) in [6.07, 6.45) is 0. The Morgan fingerprint density at radius 2 is 1.96 bits per heavy atom. The van der Waals surface area contributed by atoms with Crippen molar-refractivity contribution in [3.63, 3.8) is 0 Å². The van der Waals surface area contributed by atoms with Gasteiger partial charge < -0.3 is 20.1 Å². The van der Waals surface area contributed by atoms with E-state index < -0.39 is 44.9 Å². The van der Waals surface area contributed by atoms with Crippen molar-refractivity contribution in [1.29, 1.82) is 0 Å². The monoisotopic (exact) mass is 434 g/mol. The molecule has 1 aromatic carbocycles. The number of benzene rings is 1. The number of carboxylic acid groups (broad SMARTS) is 1. The van der Waals surface area contributed by atoms with Crippen molar-refractivity contribution in [2.24, 2.45) is 0 Å². The number of amides is 2. The van der Waals surface area contributed by atoms with Crippen molar-refractivity contribution in [3.8, 4) is 5.75 Å². The molecular formula is C16H17KN3O7S. The Morgan fingerprint density at radius 3 is 2.50 bits per heavy atom. The number of thioether (sulfide) groups is 1. The molecular weight excluding hydrogens is 417 g/mol. The Morgan fingerprint density at radius 1 is 1.36 bits per heavy atom. The van der Waals surface area contributed by atoms with Crippen molar-refractivity contribution in [3.05, 3.63) is 34.4 Å². The molecule has 1 radical (unpaired) electrons. The van der Waals surface area contributed by atoms with Crippen LogP contribution in [0.5, 0.6) is 5.75 Å². The zero-order valence-electron chi connectivity index (χ0n) is 15.4. The predicted octanol–water partition coefficient (Wildman–Crippen LogP) is 0.224. The molecule has 10 nitrogen and oxygen atoms in total. The third kappa shape index (κ3) is 4.36. The van der Waals surface area contributed by atoms with E-state index in [1.807, 2.05) is 0 Å². The minimum atomic E-state index is -1.07. The number of nitro groups is 1. The number of aliphatic carboxylic acids is 1. The summed E-state index contributed by atoms with van der Waals surface area (Å²) in [5.74, 6) is -1.77. The molecule has 2 saturated heterocycles. The number of hydrogen-bond acceptors (Lipinski definition) is 7. The van der Waals surface area contributed by atoms with E-state index in [-0.39, 0.29) is 69.4 Å². The average Bonchev–Trinajstić information content (AvgIpc) is 2.86. The Balaban J connectivity index is 0.00000280. The summed E-state index contributed by atoms with van der Waals surface area (Å²) in [5, 5.41) is 22.1. The van der Waals surface area contributed by atoms with Crippen molar-refractivity contribution >= 4 is 86.6 Å². The van der Waals surface area contributed by atoms with Gasteiger partial charge in [-0.05, 0) is 26.0 Å². The summed E-state index contributed by atoms with van der Waals surface area (Å²) in [5.41, 5.74) is -0.0965. The first-order valence-corrected chi connectivity index (χ1v) is 8.89. The summed E-state index contributed by atoms with van der Waals surface area (Å²) in [6, 6.07) is 3.51. The van der Waals surface area contributed by atoms with Crippen LogP contribution in [0, 0.1) is 10.1 Å². The zero-order valence-corrected chi connectivity index (χ0v) is 19.4. The molecule has 2 heterocycles. The largest absolute Gasteiger partial charge is 0.484 e. The van der Waals surface area contributed by atoms with Crippen LogP contribution in [0.1, 0.15) is 13.8 Å². The molecule has 28 heavy (non-hydrogen) atoms. The van der Waals surface area contributed by atoms with Crippen LogP contribution < -0.4 is 10.1 Å².